The molecule has 4 heteroatoms. The van der Waals surface area contributed by atoms with Gasteiger partial charge < -0.3 is 9.90 Å². The summed E-state index contributed by atoms with van der Waals surface area (Å²) in [6, 6.07) is 4.32. The van der Waals surface area contributed by atoms with E-state index in [9.17, 15) is 14.3 Å². The molecule has 1 N–H and O–H groups in total. The molecule has 0 aliphatic rings. The Balaban J connectivity index is 2.93. The molecule has 0 aromatic heterocycles. The van der Waals surface area contributed by atoms with E-state index in [1.165, 1.54) is 19.1 Å². The summed E-state index contributed by atoms with van der Waals surface area (Å²) in [6.07, 6.45) is 0.587. The van der Waals surface area contributed by atoms with Crippen LogP contribution in [0.4, 0.5) is 4.39 Å². The minimum Gasteiger partial charge on any atom is -0.389 e. The maximum atomic E-state index is 13.3. The monoisotopic (exact) mass is 230 g/mol. The highest BCUT2D eigenvalue weighted by atomic mass is 35.5. The van der Waals surface area contributed by atoms with Crippen molar-refractivity contribution in [2.45, 2.75) is 25.4 Å². The van der Waals surface area contributed by atoms with Crippen molar-refractivity contribution < 1.29 is 14.3 Å². The van der Waals surface area contributed by atoms with Gasteiger partial charge in [-0.15, -0.1) is 0 Å². The van der Waals surface area contributed by atoms with Crippen molar-refractivity contribution in [1.82, 2.24) is 0 Å². The van der Waals surface area contributed by atoms with E-state index in [2.05, 4.69) is 0 Å². The van der Waals surface area contributed by atoms with Gasteiger partial charge in [0, 0.05) is 23.4 Å². The normalized spacial score (nSPS) is 14.7. The largest absolute Gasteiger partial charge is 0.389 e. The molecule has 0 aliphatic carbocycles. The van der Waals surface area contributed by atoms with Gasteiger partial charge in [0.1, 0.15) is 12.1 Å². The van der Waals surface area contributed by atoms with E-state index in [0.29, 0.717) is 6.29 Å². The van der Waals surface area contributed by atoms with Gasteiger partial charge in [0.25, 0.3) is 0 Å². The van der Waals surface area contributed by atoms with Crippen LogP contribution in [0.25, 0.3) is 0 Å². The zero-order valence-electron chi connectivity index (χ0n) is 8.34. The van der Waals surface area contributed by atoms with Crippen LogP contribution in [-0.4, -0.2) is 17.0 Å². The molecule has 15 heavy (non-hydrogen) atoms. The second-order valence-electron chi connectivity index (χ2n) is 3.74. The van der Waals surface area contributed by atoms with Crippen LogP contribution in [0.5, 0.6) is 0 Å². The summed E-state index contributed by atoms with van der Waals surface area (Å²) in [4.78, 5) is 10.3. The van der Waals surface area contributed by atoms with Gasteiger partial charge in [-0.2, -0.15) is 0 Å². The van der Waals surface area contributed by atoms with Crippen molar-refractivity contribution in [3.05, 3.63) is 34.6 Å². The highest BCUT2D eigenvalue weighted by Crippen LogP contribution is 2.24. The zero-order chi connectivity index (χ0) is 11.5. The molecular weight excluding hydrogens is 219 g/mol. The summed E-state index contributed by atoms with van der Waals surface area (Å²) in [5.41, 5.74) is -1.01. The fourth-order valence-corrected chi connectivity index (χ4v) is 1.56. The number of hydrogen-bond acceptors (Lipinski definition) is 2. The molecule has 1 rings (SSSR count). The summed E-state index contributed by atoms with van der Waals surface area (Å²) in [7, 11) is 0. The van der Waals surface area contributed by atoms with Crippen molar-refractivity contribution in [2.75, 3.05) is 0 Å². The number of carbonyl (C=O) groups excluding carboxylic acids is 1. The molecule has 1 aromatic carbocycles. The molecule has 2 nitrogen and oxygen atoms in total. The SMILES string of the molecule is CC(O)(CC=O)Cc1c(F)cccc1Cl. The standard InChI is InChI=1S/C11H12ClFO2/c1-11(15,5-6-14)7-8-9(12)3-2-4-10(8)13/h2-4,6,15H,5,7H2,1H3. The van der Waals surface area contributed by atoms with Crippen LogP contribution in [0.15, 0.2) is 18.2 Å². The summed E-state index contributed by atoms with van der Waals surface area (Å²) >= 11 is 5.80. The first-order valence-electron chi connectivity index (χ1n) is 4.55. The molecule has 1 unspecified atom stereocenters. The van der Waals surface area contributed by atoms with E-state index in [0.717, 1.165) is 0 Å². The first-order chi connectivity index (χ1) is 6.96. The predicted molar refractivity (Wildman–Crippen MR) is 56.4 cm³/mol. The summed E-state index contributed by atoms with van der Waals surface area (Å²) < 4.78 is 13.3. The van der Waals surface area contributed by atoms with E-state index >= 15 is 0 Å². The first-order valence-corrected chi connectivity index (χ1v) is 4.93. The summed E-state index contributed by atoms with van der Waals surface area (Å²) in [5, 5.41) is 10.0. The van der Waals surface area contributed by atoms with Gasteiger partial charge in [0.15, 0.2) is 0 Å². The van der Waals surface area contributed by atoms with Gasteiger partial charge in [0.2, 0.25) is 0 Å². The molecule has 0 radical (unpaired) electrons. The predicted octanol–water partition coefficient (Wildman–Crippen LogP) is 2.36. The van der Waals surface area contributed by atoms with Gasteiger partial charge in [-0.05, 0) is 19.1 Å². The quantitative estimate of drug-likeness (QED) is 0.807. The van der Waals surface area contributed by atoms with Crippen molar-refractivity contribution in [2.24, 2.45) is 0 Å². The van der Waals surface area contributed by atoms with E-state index < -0.39 is 11.4 Å². The van der Waals surface area contributed by atoms with Gasteiger partial charge >= 0.3 is 0 Å². The van der Waals surface area contributed by atoms with Gasteiger partial charge in [0.05, 0.1) is 5.60 Å². The average Bonchev–Trinajstić information content (AvgIpc) is 2.11. The Hall–Kier alpha value is -0.930. The first kappa shape index (κ1) is 12.1. The van der Waals surface area contributed by atoms with Crippen LogP contribution in [0.2, 0.25) is 5.02 Å². The van der Waals surface area contributed by atoms with Gasteiger partial charge in [-0.1, -0.05) is 17.7 Å². The Morgan fingerprint density at radius 1 is 1.60 bits per heavy atom. The average molecular weight is 231 g/mol. The highest BCUT2D eigenvalue weighted by Gasteiger charge is 2.23. The number of halogens is 2. The third kappa shape index (κ3) is 3.29. The molecule has 0 saturated heterocycles. The lowest BCUT2D eigenvalue weighted by Crippen LogP contribution is -2.28. The van der Waals surface area contributed by atoms with Crippen LogP contribution >= 0.6 is 11.6 Å². The third-order valence-electron chi connectivity index (χ3n) is 2.14. The maximum absolute atomic E-state index is 13.3. The Morgan fingerprint density at radius 3 is 2.80 bits per heavy atom. The number of aldehydes is 1. The molecule has 1 atom stereocenters. The van der Waals surface area contributed by atoms with Crippen LogP contribution in [-0.2, 0) is 11.2 Å². The number of benzene rings is 1. The van der Waals surface area contributed by atoms with E-state index in [1.807, 2.05) is 0 Å². The number of carbonyl (C=O) groups is 1. The van der Waals surface area contributed by atoms with Crippen LogP contribution in [0.1, 0.15) is 18.9 Å². The third-order valence-corrected chi connectivity index (χ3v) is 2.50. The molecule has 0 bridgehead atoms. The minimum absolute atomic E-state index is 0.0250. The van der Waals surface area contributed by atoms with Crippen molar-refractivity contribution >= 4 is 17.9 Å². The van der Waals surface area contributed by atoms with Crippen molar-refractivity contribution in [1.29, 1.82) is 0 Å². The lowest BCUT2D eigenvalue weighted by Gasteiger charge is -2.21. The number of aliphatic hydroxyl groups is 1. The summed E-state index contributed by atoms with van der Waals surface area (Å²) in [5.74, 6) is -0.464. The van der Waals surface area contributed by atoms with E-state index in [4.69, 9.17) is 11.6 Å². The molecule has 0 heterocycles. The lowest BCUT2D eigenvalue weighted by molar-refractivity contribution is -0.111. The minimum atomic E-state index is -1.26. The molecule has 0 amide bonds. The second-order valence-corrected chi connectivity index (χ2v) is 4.15. The fraction of sp³-hybridized carbons (Fsp3) is 0.364. The van der Waals surface area contributed by atoms with E-state index in [1.54, 1.807) is 6.07 Å². The van der Waals surface area contributed by atoms with E-state index in [-0.39, 0.29) is 23.4 Å². The highest BCUT2D eigenvalue weighted by molar-refractivity contribution is 6.31. The lowest BCUT2D eigenvalue weighted by atomic mass is 9.93. The zero-order valence-corrected chi connectivity index (χ0v) is 9.09. The van der Waals surface area contributed by atoms with Crippen LogP contribution < -0.4 is 0 Å². The fourth-order valence-electron chi connectivity index (χ4n) is 1.33. The van der Waals surface area contributed by atoms with Crippen LogP contribution in [0, 0.1) is 5.82 Å². The molecule has 0 spiro atoms. The number of hydrogen-bond donors (Lipinski definition) is 1. The number of rotatable bonds is 4. The molecule has 0 fully saturated rings. The Labute approximate surface area is 92.7 Å². The van der Waals surface area contributed by atoms with Crippen molar-refractivity contribution in [3.63, 3.8) is 0 Å². The molecular formula is C11H12ClFO2. The molecule has 0 aliphatic heterocycles. The molecule has 1 aromatic rings. The Morgan fingerprint density at radius 2 is 2.27 bits per heavy atom. The van der Waals surface area contributed by atoms with Gasteiger partial charge in [-0.25, -0.2) is 4.39 Å². The second kappa shape index (κ2) is 4.73. The molecule has 0 saturated carbocycles. The Bertz CT molecular complexity index is 343. The van der Waals surface area contributed by atoms with Crippen LogP contribution in [0.3, 0.4) is 0 Å². The summed E-state index contributed by atoms with van der Waals surface area (Å²) in [6.45, 7) is 1.48. The topological polar surface area (TPSA) is 37.3 Å². The Kier molecular flexibility index (Phi) is 3.83. The smallest absolute Gasteiger partial charge is 0.127 e. The maximum Gasteiger partial charge on any atom is 0.127 e. The van der Waals surface area contributed by atoms with Crippen molar-refractivity contribution in [3.8, 4) is 0 Å². The molecule has 82 valence electrons. The van der Waals surface area contributed by atoms with Gasteiger partial charge in [-0.3, -0.25) is 0 Å².